The average Bonchev–Trinajstić information content (AvgIpc) is 3.70. The fourth-order valence-corrected chi connectivity index (χ4v) is 7.30. The van der Waals surface area contributed by atoms with Crippen molar-refractivity contribution in [3.8, 4) is 11.1 Å². The predicted octanol–water partition coefficient (Wildman–Crippen LogP) is 4.68. The van der Waals surface area contributed by atoms with Crippen molar-refractivity contribution in [3.05, 3.63) is 141 Å². The van der Waals surface area contributed by atoms with Crippen molar-refractivity contribution >= 4 is 17.8 Å². The first-order chi connectivity index (χ1) is 30.9. The predicted molar refractivity (Wildman–Crippen MR) is 224 cm³/mol. The van der Waals surface area contributed by atoms with Gasteiger partial charge in [-0.15, -0.1) is 0 Å². The van der Waals surface area contributed by atoms with Gasteiger partial charge < -0.3 is 30.1 Å². The number of aryl methyl sites for hydroxylation is 3. The summed E-state index contributed by atoms with van der Waals surface area (Å²) in [6, 6.07) is 17.7. The number of likely N-dealkylation sites (tertiary alicyclic amines) is 1. The molecule has 1 saturated heterocycles. The Labute approximate surface area is 369 Å². The van der Waals surface area contributed by atoms with Gasteiger partial charge in [-0.25, -0.2) is 23.1 Å². The van der Waals surface area contributed by atoms with E-state index in [-0.39, 0.29) is 50.0 Å². The van der Waals surface area contributed by atoms with Gasteiger partial charge in [0.15, 0.2) is 23.8 Å². The summed E-state index contributed by atoms with van der Waals surface area (Å²) in [6.07, 6.45) is -3.17. The first-order valence-electron chi connectivity index (χ1n) is 20.5. The number of carboxylic acid groups (broad SMARTS) is 2. The minimum atomic E-state index is -4.43. The van der Waals surface area contributed by atoms with Crippen molar-refractivity contribution in [1.82, 2.24) is 29.4 Å². The van der Waals surface area contributed by atoms with Gasteiger partial charge in [0.25, 0.3) is 5.56 Å². The van der Waals surface area contributed by atoms with Crippen LogP contribution in [0.1, 0.15) is 52.8 Å². The first kappa shape index (κ1) is 49.7. The van der Waals surface area contributed by atoms with Gasteiger partial charge in [-0.3, -0.25) is 19.2 Å². The molecule has 348 valence electrons. The van der Waals surface area contributed by atoms with Crippen molar-refractivity contribution in [2.24, 2.45) is 7.05 Å². The summed E-state index contributed by atoms with van der Waals surface area (Å²) in [7, 11) is 3.39. The summed E-state index contributed by atoms with van der Waals surface area (Å²) in [4.78, 5) is 51.6. The van der Waals surface area contributed by atoms with Gasteiger partial charge in [0, 0.05) is 51.6 Å². The maximum absolute atomic E-state index is 14.6. The van der Waals surface area contributed by atoms with Crippen molar-refractivity contribution in [1.29, 1.82) is 0 Å². The maximum Gasteiger partial charge on any atom is 0.416 e. The van der Waals surface area contributed by atoms with Crippen LogP contribution in [-0.2, 0) is 64.7 Å². The lowest BCUT2D eigenvalue weighted by Crippen LogP contribution is -2.54. The van der Waals surface area contributed by atoms with Gasteiger partial charge in [0.2, 0.25) is 5.91 Å². The van der Waals surface area contributed by atoms with E-state index < -0.39 is 53.1 Å². The lowest BCUT2D eigenvalue weighted by atomic mass is 10.00. The van der Waals surface area contributed by atoms with Crippen molar-refractivity contribution < 1.29 is 61.5 Å². The minimum absolute atomic E-state index is 0.0843. The number of aliphatic carboxylic acids is 2. The number of alkyl halides is 3. The Morgan fingerprint density at radius 2 is 1.52 bits per heavy atom. The number of rotatable bonds is 17. The van der Waals surface area contributed by atoms with E-state index in [9.17, 15) is 41.1 Å². The molecule has 0 saturated carbocycles. The Balaban J connectivity index is 0.000000709. The van der Waals surface area contributed by atoms with E-state index in [2.05, 4.69) is 15.1 Å². The normalized spacial score (nSPS) is 15.1. The SMILES string of the molecule is COCCN1CCCCC1N(Cc1ccc(-c2ccc(C(F)(F)F)cc2)cc1)C(=O)Cc1nn(Cc2cnn(C)c2)c(=O)cc1CCc1cccc(F)c1F.O=C(O)C(O)C(O)C(=O)O. The van der Waals surface area contributed by atoms with E-state index in [1.54, 1.807) is 31.2 Å². The summed E-state index contributed by atoms with van der Waals surface area (Å²) in [6.45, 7) is 2.20. The summed E-state index contributed by atoms with van der Waals surface area (Å²) < 4.78 is 76.4. The maximum atomic E-state index is 14.6. The van der Waals surface area contributed by atoms with Crippen LogP contribution in [0.5, 0.6) is 0 Å². The van der Waals surface area contributed by atoms with Crippen LogP contribution >= 0.6 is 0 Å². The summed E-state index contributed by atoms with van der Waals surface area (Å²) >= 11 is 0. The van der Waals surface area contributed by atoms with Crippen molar-refractivity contribution in [2.75, 3.05) is 26.8 Å². The number of aliphatic hydroxyl groups is 2. The molecule has 0 radical (unpaired) electrons. The molecule has 3 heterocycles. The van der Waals surface area contributed by atoms with Gasteiger partial charge in [-0.1, -0.05) is 48.5 Å². The number of carbonyl (C=O) groups is 3. The second-order valence-electron chi connectivity index (χ2n) is 15.4. The molecular weight excluding hydrogens is 864 g/mol. The molecule has 3 unspecified atom stereocenters. The number of ether oxygens (including phenoxy) is 1. The molecule has 1 aliphatic rings. The number of benzene rings is 3. The highest BCUT2D eigenvalue weighted by Gasteiger charge is 2.33. The molecule has 0 spiro atoms. The third-order valence-corrected chi connectivity index (χ3v) is 10.8. The third kappa shape index (κ3) is 13.6. The van der Waals surface area contributed by atoms with E-state index in [4.69, 9.17) is 25.2 Å². The molecule has 3 atom stereocenters. The molecule has 15 nitrogen and oxygen atoms in total. The summed E-state index contributed by atoms with van der Waals surface area (Å²) in [5, 5.41) is 41.4. The van der Waals surface area contributed by atoms with Crippen LogP contribution in [0.2, 0.25) is 0 Å². The minimum Gasteiger partial charge on any atom is -0.479 e. The van der Waals surface area contributed by atoms with Gasteiger partial charge in [0.1, 0.15) is 0 Å². The van der Waals surface area contributed by atoms with E-state index in [1.165, 1.54) is 35.0 Å². The monoisotopic (exact) mass is 912 g/mol. The number of halogens is 5. The van der Waals surface area contributed by atoms with Gasteiger partial charge in [-0.2, -0.15) is 23.4 Å². The highest BCUT2D eigenvalue weighted by Crippen LogP contribution is 2.31. The number of piperidine rings is 1. The number of amides is 1. The van der Waals surface area contributed by atoms with Crippen LogP contribution in [0.15, 0.2) is 90.0 Å². The zero-order valence-corrected chi connectivity index (χ0v) is 35.5. The van der Waals surface area contributed by atoms with Crippen LogP contribution in [-0.4, -0.2) is 113 Å². The number of carbonyl (C=O) groups excluding carboxylic acids is 1. The highest BCUT2D eigenvalue weighted by atomic mass is 19.4. The van der Waals surface area contributed by atoms with Gasteiger partial charge >= 0.3 is 18.1 Å². The average molecular weight is 913 g/mol. The number of aromatic nitrogens is 4. The fourth-order valence-electron chi connectivity index (χ4n) is 7.30. The first-order valence-corrected chi connectivity index (χ1v) is 20.5. The Hall–Kier alpha value is -6.35. The number of hydrogen-bond acceptors (Lipinski definition) is 10. The Morgan fingerprint density at radius 3 is 2.11 bits per heavy atom. The van der Waals surface area contributed by atoms with E-state index in [0.29, 0.717) is 30.0 Å². The van der Waals surface area contributed by atoms with Gasteiger partial charge in [0.05, 0.1) is 43.2 Å². The van der Waals surface area contributed by atoms with Crippen molar-refractivity contribution in [2.45, 2.75) is 76.2 Å². The number of hydrogen-bond donors (Lipinski definition) is 4. The quantitative estimate of drug-likeness (QED) is 0.0941. The molecule has 4 N–H and O–H groups in total. The molecule has 1 fully saturated rings. The molecule has 65 heavy (non-hydrogen) atoms. The molecule has 5 aromatic rings. The highest BCUT2D eigenvalue weighted by molar-refractivity contribution is 5.83. The van der Waals surface area contributed by atoms with Crippen LogP contribution in [0.4, 0.5) is 22.0 Å². The van der Waals surface area contributed by atoms with Crippen LogP contribution in [0.3, 0.4) is 0 Å². The third-order valence-electron chi connectivity index (χ3n) is 10.8. The number of nitrogens with zero attached hydrogens (tertiary/aromatic N) is 6. The van der Waals surface area contributed by atoms with E-state index in [0.717, 1.165) is 60.7 Å². The Bertz CT molecular complexity index is 2440. The lowest BCUT2D eigenvalue weighted by molar-refractivity contribution is -0.165. The molecule has 0 aliphatic carbocycles. The van der Waals surface area contributed by atoms with Crippen LogP contribution in [0, 0.1) is 11.6 Å². The van der Waals surface area contributed by atoms with Crippen LogP contribution in [0.25, 0.3) is 11.1 Å². The number of carboxylic acids is 2. The van der Waals surface area contributed by atoms with Crippen molar-refractivity contribution in [3.63, 3.8) is 0 Å². The molecular formula is C45H49F5N6O9. The lowest BCUT2D eigenvalue weighted by Gasteiger charge is -2.43. The molecule has 1 amide bonds. The van der Waals surface area contributed by atoms with Crippen LogP contribution < -0.4 is 5.56 Å². The molecule has 3 aromatic carbocycles. The van der Waals surface area contributed by atoms with E-state index in [1.807, 2.05) is 29.2 Å². The molecule has 6 rings (SSSR count). The Kier molecular flexibility index (Phi) is 17.2. The molecule has 0 bridgehead atoms. The fraction of sp³-hybridized carbons (Fsp3) is 0.378. The topological polar surface area (TPSA) is 201 Å². The zero-order chi connectivity index (χ0) is 47.4. The van der Waals surface area contributed by atoms with Gasteiger partial charge in [-0.05, 0) is 78.1 Å². The zero-order valence-electron chi connectivity index (χ0n) is 35.5. The Morgan fingerprint density at radius 1 is 0.892 bits per heavy atom. The molecule has 1 aliphatic heterocycles. The number of methoxy groups -OCH3 is 1. The molecule has 20 heteroatoms. The summed E-state index contributed by atoms with van der Waals surface area (Å²) in [5.41, 5.74) is 2.75. The largest absolute Gasteiger partial charge is 0.479 e. The smallest absolute Gasteiger partial charge is 0.416 e. The molecule has 2 aromatic heterocycles. The second kappa shape index (κ2) is 22.5. The number of aliphatic hydroxyl groups excluding tert-OH is 2. The second-order valence-corrected chi connectivity index (χ2v) is 15.4. The van der Waals surface area contributed by atoms with E-state index >= 15 is 0 Å². The standard InChI is InChI=1S/C41H43F5N6O3.C4H6O6/c1-49-25-29(24-47-49)27-52-39(54)22-33(14-13-32-6-5-7-35(42)40(32)43)36(48-52)23-38(53)51(37-8-3-4-19-50(37)20-21-55-2)26-28-9-11-30(12-10-28)31-15-17-34(18-16-31)41(44,45)46;5-1(3(7)8)2(6)4(9)10/h5-7,9-12,15-18,22,24-25,37H,3-4,8,13-14,19-21,23,26-27H2,1-2H3;1-2,5-6H,(H,7,8)(H,9,10). The summed E-state index contributed by atoms with van der Waals surface area (Å²) in [5.74, 6) is -5.70.